The largest absolute Gasteiger partial charge is 0.417 e. The number of alkyl halides is 3. The fourth-order valence-electron chi connectivity index (χ4n) is 2.45. The lowest BCUT2D eigenvalue weighted by Crippen LogP contribution is -2.17. The molecule has 3 aromatic rings. The van der Waals surface area contributed by atoms with Gasteiger partial charge in [-0.1, -0.05) is 18.2 Å². The standard InChI is InChI=1S/C16H12F3N5O/c17-16(18,19)11-4-2-1-3-9(11)10-5-7-21-15(13(10)14(20)25)23-12-6-8-22-24-12/h1-8H,(H2,20,25)(H2,21,22,23,24). The number of H-pyrrole nitrogens is 1. The number of aromatic amines is 1. The van der Waals surface area contributed by atoms with Crippen molar-refractivity contribution in [3.8, 4) is 11.1 Å². The molecule has 0 radical (unpaired) electrons. The van der Waals surface area contributed by atoms with Gasteiger partial charge in [0.05, 0.1) is 17.3 Å². The number of nitrogens with one attached hydrogen (secondary N) is 2. The second-order valence-corrected chi connectivity index (χ2v) is 5.09. The van der Waals surface area contributed by atoms with Gasteiger partial charge in [-0.05, 0) is 17.7 Å². The number of rotatable bonds is 4. The summed E-state index contributed by atoms with van der Waals surface area (Å²) in [6.45, 7) is 0. The first-order valence-corrected chi connectivity index (χ1v) is 7.09. The van der Waals surface area contributed by atoms with Crippen LogP contribution in [0.15, 0.2) is 48.8 Å². The first-order chi connectivity index (χ1) is 11.9. The van der Waals surface area contributed by atoms with Crippen LogP contribution >= 0.6 is 0 Å². The molecule has 2 aromatic heterocycles. The molecule has 0 atom stereocenters. The summed E-state index contributed by atoms with van der Waals surface area (Å²) in [7, 11) is 0. The number of benzene rings is 1. The Morgan fingerprint density at radius 2 is 1.84 bits per heavy atom. The van der Waals surface area contributed by atoms with Crippen LogP contribution in [0.2, 0.25) is 0 Å². The number of carbonyl (C=O) groups is 1. The Morgan fingerprint density at radius 3 is 2.48 bits per heavy atom. The maximum atomic E-state index is 13.3. The molecule has 0 unspecified atom stereocenters. The summed E-state index contributed by atoms with van der Waals surface area (Å²) in [6.07, 6.45) is -1.81. The first kappa shape index (κ1) is 16.5. The molecule has 0 saturated heterocycles. The number of halogens is 3. The van der Waals surface area contributed by atoms with Crippen molar-refractivity contribution in [3.63, 3.8) is 0 Å². The average Bonchev–Trinajstić information content (AvgIpc) is 3.06. The van der Waals surface area contributed by atoms with E-state index in [1.54, 1.807) is 6.07 Å². The van der Waals surface area contributed by atoms with Crippen molar-refractivity contribution < 1.29 is 18.0 Å². The number of primary amides is 1. The Bertz CT molecular complexity index is 906. The van der Waals surface area contributed by atoms with Gasteiger partial charge in [-0.3, -0.25) is 9.89 Å². The van der Waals surface area contributed by atoms with Gasteiger partial charge in [-0.25, -0.2) is 4.98 Å². The number of nitrogens with zero attached hydrogens (tertiary/aromatic N) is 2. The smallest absolute Gasteiger partial charge is 0.365 e. The third-order valence-electron chi connectivity index (χ3n) is 3.47. The number of aromatic nitrogens is 3. The van der Waals surface area contributed by atoms with Gasteiger partial charge in [0.1, 0.15) is 11.6 Å². The van der Waals surface area contributed by atoms with E-state index < -0.39 is 17.6 Å². The van der Waals surface area contributed by atoms with Crippen LogP contribution in [0.1, 0.15) is 15.9 Å². The van der Waals surface area contributed by atoms with Crippen molar-refractivity contribution in [2.45, 2.75) is 6.18 Å². The lowest BCUT2D eigenvalue weighted by molar-refractivity contribution is -0.137. The lowest BCUT2D eigenvalue weighted by Gasteiger charge is -2.16. The number of nitrogens with two attached hydrogens (primary N) is 1. The van der Waals surface area contributed by atoms with E-state index in [-0.39, 0.29) is 22.5 Å². The van der Waals surface area contributed by atoms with Crippen molar-refractivity contribution in [2.24, 2.45) is 5.73 Å². The highest BCUT2D eigenvalue weighted by Crippen LogP contribution is 2.39. The van der Waals surface area contributed by atoms with Gasteiger partial charge in [0.2, 0.25) is 0 Å². The number of pyridine rings is 1. The molecular formula is C16H12F3N5O. The van der Waals surface area contributed by atoms with Gasteiger partial charge in [-0.15, -0.1) is 0 Å². The molecule has 0 aliphatic heterocycles. The van der Waals surface area contributed by atoms with E-state index in [0.717, 1.165) is 6.07 Å². The predicted molar refractivity (Wildman–Crippen MR) is 85.1 cm³/mol. The molecule has 0 spiro atoms. The highest BCUT2D eigenvalue weighted by Gasteiger charge is 2.34. The molecule has 4 N–H and O–H groups in total. The van der Waals surface area contributed by atoms with Crippen molar-refractivity contribution >= 4 is 17.5 Å². The summed E-state index contributed by atoms with van der Waals surface area (Å²) < 4.78 is 39.9. The molecule has 2 heterocycles. The quantitative estimate of drug-likeness (QED) is 0.674. The molecule has 0 aliphatic carbocycles. The van der Waals surface area contributed by atoms with Gasteiger partial charge < -0.3 is 11.1 Å². The predicted octanol–water partition coefficient (Wildman–Crippen LogP) is 3.33. The second kappa shape index (κ2) is 6.27. The van der Waals surface area contributed by atoms with E-state index in [0.29, 0.717) is 5.82 Å². The Morgan fingerprint density at radius 1 is 1.08 bits per heavy atom. The monoisotopic (exact) mass is 347 g/mol. The third kappa shape index (κ3) is 3.30. The molecule has 1 amide bonds. The van der Waals surface area contributed by atoms with Crippen molar-refractivity contribution in [1.82, 2.24) is 15.2 Å². The number of hydrogen-bond donors (Lipinski definition) is 3. The summed E-state index contributed by atoms with van der Waals surface area (Å²) >= 11 is 0. The number of anilines is 2. The summed E-state index contributed by atoms with van der Waals surface area (Å²) in [4.78, 5) is 16.0. The van der Waals surface area contributed by atoms with E-state index in [1.807, 2.05) is 0 Å². The zero-order chi connectivity index (χ0) is 18.0. The Hall–Kier alpha value is -3.36. The Labute approximate surface area is 139 Å². The molecule has 0 saturated carbocycles. The van der Waals surface area contributed by atoms with Crippen LogP contribution < -0.4 is 11.1 Å². The second-order valence-electron chi connectivity index (χ2n) is 5.09. The van der Waals surface area contributed by atoms with Crippen LogP contribution in [0, 0.1) is 0 Å². The minimum Gasteiger partial charge on any atom is -0.365 e. The maximum Gasteiger partial charge on any atom is 0.417 e. The van der Waals surface area contributed by atoms with Crippen molar-refractivity contribution in [2.75, 3.05) is 5.32 Å². The summed E-state index contributed by atoms with van der Waals surface area (Å²) in [6, 6.07) is 7.86. The zero-order valence-electron chi connectivity index (χ0n) is 12.6. The molecule has 9 heteroatoms. The van der Waals surface area contributed by atoms with Crippen LogP contribution in [-0.2, 0) is 6.18 Å². The molecular weight excluding hydrogens is 335 g/mol. The highest BCUT2D eigenvalue weighted by atomic mass is 19.4. The van der Waals surface area contributed by atoms with Gasteiger partial charge in [0.25, 0.3) is 5.91 Å². The van der Waals surface area contributed by atoms with Gasteiger partial charge >= 0.3 is 6.18 Å². The van der Waals surface area contributed by atoms with Gasteiger partial charge in [0.15, 0.2) is 0 Å². The highest BCUT2D eigenvalue weighted by molar-refractivity contribution is 6.05. The zero-order valence-corrected chi connectivity index (χ0v) is 12.6. The van der Waals surface area contributed by atoms with E-state index in [2.05, 4.69) is 20.5 Å². The summed E-state index contributed by atoms with van der Waals surface area (Å²) in [5.74, 6) is -0.454. The fourth-order valence-corrected chi connectivity index (χ4v) is 2.45. The minimum absolute atomic E-state index is 0.0335. The Balaban J connectivity index is 2.20. The van der Waals surface area contributed by atoms with E-state index >= 15 is 0 Å². The Kier molecular flexibility index (Phi) is 4.14. The SMILES string of the molecule is NC(=O)c1c(-c2ccccc2C(F)(F)F)ccnc1Nc1ccn[nH]1. The van der Waals surface area contributed by atoms with Crippen LogP contribution in [-0.4, -0.2) is 21.1 Å². The summed E-state index contributed by atoms with van der Waals surface area (Å²) in [5, 5.41) is 9.14. The molecule has 1 aromatic carbocycles. The molecule has 3 rings (SSSR count). The van der Waals surface area contributed by atoms with E-state index in [4.69, 9.17) is 5.73 Å². The van der Waals surface area contributed by atoms with E-state index in [1.165, 1.54) is 36.7 Å². The molecule has 128 valence electrons. The average molecular weight is 347 g/mol. The maximum absolute atomic E-state index is 13.3. The van der Waals surface area contributed by atoms with Crippen molar-refractivity contribution in [1.29, 1.82) is 0 Å². The first-order valence-electron chi connectivity index (χ1n) is 7.09. The van der Waals surface area contributed by atoms with Crippen LogP contribution in [0.25, 0.3) is 11.1 Å². The topological polar surface area (TPSA) is 96.7 Å². The molecule has 25 heavy (non-hydrogen) atoms. The van der Waals surface area contributed by atoms with Crippen LogP contribution in [0.5, 0.6) is 0 Å². The number of carbonyl (C=O) groups excluding carboxylic acids is 1. The normalized spacial score (nSPS) is 11.3. The fraction of sp³-hybridized carbons (Fsp3) is 0.0625. The van der Waals surface area contributed by atoms with Gasteiger partial charge in [-0.2, -0.15) is 18.3 Å². The third-order valence-corrected chi connectivity index (χ3v) is 3.47. The number of hydrogen-bond acceptors (Lipinski definition) is 4. The number of amides is 1. The summed E-state index contributed by atoms with van der Waals surface area (Å²) in [5.41, 5.74) is 4.29. The molecule has 6 nitrogen and oxygen atoms in total. The molecule has 0 bridgehead atoms. The molecule has 0 fully saturated rings. The van der Waals surface area contributed by atoms with Crippen LogP contribution in [0.3, 0.4) is 0 Å². The van der Waals surface area contributed by atoms with E-state index in [9.17, 15) is 18.0 Å². The van der Waals surface area contributed by atoms with Crippen LogP contribution in [0.4, 0.5) is 24.8 Å². The molecule has 0 aliphatic rings. The van der Waals surface area contributed by atoms with Crippen molar-refractivity contribution in [3.05, 3.63) is 59.9 Å². The lowest BCUT2D eigenvalue weighted by atomic mass is 9.95. The minimum atomic E-state index is -4.58. The van der Waals surface area contributed by atoms with Gasteiger partial charge in [0, 0.05) is 17.8 Å².